The molecule has 1 aromatic rings. The van der Waals surface area contributed by atoms with Crippen LogP contribution in [0.2, 0.25) is 0 Å². The number of nitrogens with zero attached hydrogens (tertiary/aromatic N) is 1. The molecule has 0 aliphatic heterocycles. The smallest absolute Gasteiger partial charge is 0.0922 e. The standard InChI is InChI=1S/C10H19N3/c1-3-9(4-2)5-11-6-10-7-12-8-13-10/h7-9,11H,3-6H2,1-2H3,(H,12,13). The molecule has 1 heterocycles. The molecule has 0 saturated heterocycles. The van der Waals surface area contributed by atoms with Crippen molar-refractivity contribution in [3.63, 3.8) is 0 Å². The number of H-pyrrole nitrogens is 1. The number of nitrogens with one attached hydrogen (secondary N) is 2. The van der Waals surface area contributed by atoms with Crippen molar-refractivity contribution in [1.82, 2.24) is 15.3 Å². The third-order valence-electron chi connectivity index (χ3n) is 2.46. The normalized spacial score (nSPS) is 11.0. The lowest BCUT2D eigenvalue weighted by atomic mass is 10.0. The molecule has 0 atom stereocenters. The van der Waals surface area contributed by atoms with Crippen molar-refractivity contribution in [1.29, 1.82) is 0 Å². The lowest BCUT2D eigenvalue weighted by Gasteiger charge is -2.12. The van der Waals surface area contributed by atoms with Crippen LogP contribution >= 0.6 is 0 Å². The number of hydrogen-bond acceptors (Lipinski definition) is 2. The zero-order valence-corrected chi connectivity index (χ0v) is 8.51. The molecule has 74 valence electrons. The number of hydrogen-bond donors (Lipinski definition) is 2. The predicted molar refractivity (Wildman–Crippen MR) is 54.4 cm³/mol. The minimum absolute atomic E-state index is 0.808. The maximum absolute atomic E-state index is 3.96. The summed E-state index contributed by atoms with van der Waals surface area (Å²) < 4.78 is 0. The SMILES string of the molecule is CCC(CC)CNCc1cnc[nH]1. The Morgan fingerprint density at radius 1 is 1.46 bits per heavy atom. The van der Waals surface area contributed by atoms with E-state index in [1.165, 1.54) is 12.8 Å². The second kappa shape index (κ2) is 5.75. The summed E-state index contributed by atoms with van der Waals surface area (Å²) in [7, 11) is 0. The summed E-state index contributed by atoms with van der Waals surface area (Å²) in [5, 5.41) is 3.42. The second-order valence-electron chi connectivity index (χ2n) is 3.39. The summed E-state index contributed by atoms with van der Waals surface area (Å²) in [6, 6.07) is 0. The minimum Gasteiger partial charge on any atom is -0.347 e. The Morgan fingerprint density at radius 2 is 2.23 bits per heavy atom. The van der Waals surface area contributed by atoms with E-state index in [-0.39, 0.29) is 0 Å². The van der Waals surface area contributed by atoms with Crippen LogP contribution in [0, 0.1) is 5.92 Å². The van der Waals surface area contributed by atoms with Gasteiger partial charge >= 0.3 is 0 Å². The predicted octanol–water partition coefficient (Wildman–Crippen LogP) is 1.94. The fourth-order valence-electron chi connectivity index (χ4n) is 1.37. The third kappa shape index (κ3) is 3.59. The lowest BCUT2D eigenvalue weighted by Crippen LogP contribution is -2.21. The maximum atomic E-state index is 3.96. The number of aromatic amines is 1. The minimum atomic E-state index is 0.808. The summed E-state index contributed by atoms with van der Waals surface area (Å²) in [4.78, 5) is 7.04. The maximum Gasteiger partial charge on any atom is 0.0922 e. The van der Waals surface area contributed by atoms with Crippen LogP contribution < -0.4 is 5.32 Å². The quantitative estimate of drug-likeness (QED) is 0.704. The Morgan fingerprint density at radius 3 is 2.77 bits per heavy atom. The highest BCUT2D eigenvalue weighted by atomic mass is 14.9. The van der Waals surface area contributed by atoms with E-state index in [1.807, 2.05) is 6.20 Å². The van der Waals surface area contributed by atoms with Crippen molar-refractivity contribution < 1.29 is 0 Å². The van der Waals surface area contributed by atoms with E-state index in [0.29, 0.717) is 0 Å². The zero-order chi connectivity index (χ0) is 9.52. The summed E-state index contributed by atoms with van der Waals surface area (Å²) in [5.74, 6) is 0.808. The second-order valence-corrected chi connectivity index (χ2v) is 3.39. The van der Waals surface area contributed by atoms with Crippen molar-refractivity contribution in [2.24, 2.45) is 5.92 Å². The van der Waals surface area contributed by atoms with E-state index < -0.39 is 0 Å². The molecule has 0 fully saturated rings. The molecule has 3 nitrogen and oxygen atoms in total. The van der Waals surface area contributed by atoms with Gasteiger partial charge in [-0.3, -0.25) is 0 Å². The first-order valence-electron chi connectivity index (χ1n) is 5.04. The van der Waals surface area contributed by atoms with E-state index in [4.69, 9.17) is 0 Å². The van der Waals surface area contributed by atoms with E-state index in [9.17, 15) is 0 Å². The van der Waals surface area contributed by atoms with Crippen molar-refractivity contribution in [3.8, 4) is 0 Å². The molecule has 0 amide bonds. The van der Waals surface area contributed by atoms with Crippen LogP contribution in [-0.4, -0.2) is 16.5 Å². The van der Waals surface area contributed by atoms with Gasteiger partial charge in [-0.15, -0.1) is 0 Å². The molecule has 0 aliphatic carbocycles. The third-order valence-corrected chi connectivity index (χ3v) is 2.46. The first kappa shape index (κ1) is 10.3. The molecule has 0 saturated carbocycles. The van der Waals surface area contributed by atoms with E-state index >= 15 is 0 Å². The molecular weight excluding hydrogens is 162 g/mol. The topological polar surface area (TPSA) is 40.7 Å². The summed E-state index contributed by atoms with van der Waals surface area (Å²) >= 11 is 0. The Hall–Kier alpha value is -0.830. The fourth-order valence-corrected chi connectivity index (χ4v) is 1.37. The Bertz CT molecular complexity index is 202. The highest BCUT2D eigenvalue weighted by Crippen LogP contribution is 2.05. The monoisotopic (exact) mass is 181 g/mol. The van der Waals surface area contributed by atoms with Gasteiger partial charge in [-0.25, -0.2) is 4.98 Å². The lowest BCUT2D eigenvalue weighted by molar-refractivity contribution is 0.448. The highest BCUT2D eigenvalue weighted by molar-refractivity contribution is 4.93. The summed E-state index contributed by atoms with van der Waals surface area (Å²) in [6.45, 7) is 6.49. The van der Waals surface area contributed by atoms with Gasteiger partial charge in [0.05, 0.1) is 6.33 Å². The van der Waals surface area contributed by atoms with Crippen molar-refractivity contribution in [2.45, 2.75) is 33.2 Å². The first-order valence-corrected chi connectivity index (χ1v) is 5.04. The number of aromatic nitrogens is 2. The van der Waals surface area contributed by atoms with Crippen LogP contribution in [0.15, 0.2) is 12.5 Å². The molecule has 2 N–H and O–H groups in total. The zero-order valence-electron chi connectivity index (χ0n) is 8.51. The van der Waals surface area contributed by atoms with Gasteiger partial charge in [-0.1, -0.05) is 26.7 Å². The van der Waals surface area contributed by atoms with Gasteiger partial charge in [-0.05, 0) is 12.5 Å². The molecule has 13 heavy (non-hydrogen) atoms. The van der Waals surface area contributed by atoms with E-state index in [2.05, 4.69) is 29.1 Å². The molecule has 0 aliphatic rings. The molecule has 1 aromatic heterocycles. The molecule has 3 heteroatoms. The van der Waals surface area contributed by atoms with Crippen molar-refractivity contribution in [2.75, 3.05) is 6.54 Å². The number of imidazole rings is 1. The first-order chi connectivity index (χ1) is 6.36. The van der Waals surface area contributed by atoms with Gasteiger partial charge in [0.15, 0.2) is 0 Å². The molecule has 0 spiro atoms. The Kier molecular flexibility index (Phi) is 4.54. The van der Waals surface area contributed by atoms with E-state index in [0.717, 1.165) is 24.7 Å². The summed E-state index contributed by atoms with van der Waals surface area (Å²) in [6.07, 6.45) is 6.09. The molecular formula is C10H19N3. The average molecular weight is 181 g/mol. The van der Waals surface area contributed by atoms with Gasteiger partial charge in [0.2, 0.25) is 0 Å². The molecule has 0 aromatic carbocycles. The van der Waals surface area contributed by atoms with Gasteiger partial charge in [0.1, 0.15) is 0 Å². The van der Waals surface area contributed by atoms with E-state index in [1.54, 1.807) is 6.33 Å². The molecule has 0 radical (unpaired) electrons. The van der Waals surface area contributed by atoms with Crippen molar-refractivity contribution >= 4 is 0 Å². The molecule has 0 bridgehead atoms. The van der Waals surface area contributed by atoms with Crippen LogP contribution in [0.3, 0.4) is 0 Å². The van der Waals surface area contributed by atoms with Gasteiger partial charge in [0, 0.05) is 18.4 Å². The van der Waals surface area contributed by atoms with Gasteiger partial charge < -0.3 is 10.3 Å². The Labute approximate surface area is 80.0 Å². The highest BCUT2D eigenvalue weighted by Gasteiger charge is 2.02. The van der Waals surface area contributed by atoms with Crippen molar-refractivity contribution in [3.05, 3.63) is 18.2 Å². The largest absolute Gasteiger partial charge is 0.347 e. The van der Waals surface area contributed by atoms with Crippen LogP contribution in [0.1, 0.15) is 32.4 Å². The van der Waals surface area contributed by atoms with Crippen LogP contribution in [0.4, 0.5) is 0 Å². The fraction of sp³-hybridized carbons (Fsp3) is 0.700. The number of rotatable bonds is 6. The van der Waals surface area contributed by atoms with Gasteiger partial charge in [0.25, 0.3) is 0 Å². The molecule has 1 rings (SSSR count). The van der Waals surface area contributed by atoms with Crippen LogP contribution in [0.25, 0.3) is 0 Å². The summed E-state index contributed by atoms with van der Waals surface area (Å²) in [5.41, 5.74) is 1.16. The van der Waals surface area contributed by atoms with Crippen LogP contribution in [-0.2, 0) is 6.54 Å². The van der Waals surface area contributed by atoms with Gasteiger partial charge in [-0.2, -0.15) is 0 Å². The Balaban J connectivity index is 2.13. The van der Waals surface area contributed by atoms with Crippen LogP contribution in [0.5, 0.6) is 0 Å². The molecule has 0 unspecified atom stereocenters. The average Bonchev–Trinajstić information content (AvgIpc) is 2.65.